The molecule has 0 bridgehead atoms. The van der Waals surface area contributed by atoms with E-state index in [0.29, 0.717) is 25.6 Å². The molecule has 1 aliphatic rings. The van der Waals surface area contributed by atoms with E-state index in [1.807, 2.05) is 0 Å². The van der Waals surface area contributed by atoms with Crippen molar-refractivity contribution in [3.8, 4) is 0 Å². The van der Waals surface area contributed by atoms with Crippen LogP contribution in [0.3, 0.4) is 0 Å². The number of alkyl halides is 2. The third-order valence-corrected chi connectivity index (χ3v) is 2.61. The van der Waals surface area contributed by atoms with Crippen LogP contribution in [0.2, 0.25) is 0 Å². The molecule has 0 aromatic carbocycles. The van der Waals surface area contributed by atoms with Crippen LogP contribution in [-0.4, -0.2) is 43.2 Å². The maximum Gasteiger partial charge on any atom is 0.272 e. The summed E-state index contributed by atoms with van der Waals surface area (Å²) >= 11 is 5.10. The van der Waals surface area contributed by atoms with Crippen LogP contribution in [0, 0.1) is 5.92 Å². The molecule has 3 nitrogen and oxygen atoms in total. The molecule has 2 atom stereocenters. The van der Waals surface area contributed by atoms with Gasteiger partial charge in [-0.25, -0.2) is 4.39 Å². The van der Waals surface area contributed by atoms with Crippen LogP contribution in [0.1, 0.15) is 12.8 Å². The van der Waals surface area contributed by atoms with Gasteiger partial charge in [0.2, 0.25) is 0 Å². The Morgan fingerprint density at radius 3 is 3.07 bits per heavy atom. The topological polar surface area (TPSA) is 29.5 Å². The number of methoxy groups -OCH3 is 1. The summed E-state index contributed by atoms with van der Waals surface area (Å²) in [5.41, 5.74) is -1.91. The fraction of sp³-hybridized carbons (Fsp3) is 0.889. The molecule has 0 saturated carbocycles. The van der Waals surface area contributed by atoms with Gasteiger partial charge in [0.15, 0.2) is 0 Å². The second-order valence-electron chi connectivity index (χ2n) is 3.55. The standard InChI is InChI=1S/C9H15ClFNO2/c1-14-6-7-3-2-4-12(5-7)9(13)8(10)11/h7-8H,2-6H2,1H3. The fourth-order valence-corrected chi connectivity index (χ4v) is 1.91. The number of halogens is 2. The smallest absolute Gasteiger partial charge is 0.272 e. The number of ether oxygens (including phenoxy) is 1. The summed E-state index contributed by atoms with van der Waals surface area (Å²) in [5, 5.41) is 0. The van der Waals surface area contributed by atoms with Crippen molar-refractivity contribution >= 4 is 17.5 Å². The molecule has 1 amide bonds. The van der Waals surface area contributed by atoms with Gasteiger partial charge in [-0.05, 0) is 18.8 Å². The van der Waals surface area contributed by atoms with Crippen molar-refractivity contribution in [3.05, 3.63) is 0 Å². The molecule has 82 valence electrons. The summed E-state index contributed by atoms with van der Waals surface area (Å²) in [5.74, 6) is -0.305. The molecule has 2 unspecified atom stereocenters. The molecule has 0 spiro atoms. The summed E-state index contributed by atoms with van der Waals surface area (Å²) < 4.78 is 17.5. The van der Waals surface area contributed by atoms with Gasteiger partial charge in [0.25, 0.3) is 11.5 Å². The minimum Gasteiger partial charge on any atom is -0.384 e. The maximum absolute atomic E-state index is 12.5. The summed E-state index contributed by atoms with van der Waals surface area (Å²) in [6.45, 7) is 1.77. The Hall–Kier alpha value is -0.350. The van der Waals surface area contributed by atoms with Crippen LogP contribution >= 0.6 is 11.6 Å². The molecule has 0 radical (unpaired) electrons. The molecule has 1 aliphatic heterocycles. The molecule has 0 aliphatic carbocycles. The highest BCUT2D eigenvalue weighted by Gasteiger charge is 2.27. The highest BCUT2D eigenvalue weighted by Crippen LogP contribution is 2.18. The zero-order valence-corrected chi connectivity index (χ0v) is 8.97. The highest BCUT2D eigenvalue weighted by atomic mass is 35.5. The molecule has 1 fully saturated rings. The lowest BCUT2D eigenvalue weighted by Crippen LogP contribution is -2.43. The first kappa shape index (κ1) is 11.7. The van der Waals surface area contributed by atoms with Crippen molar-refractivity contribution in [2.75, 3.05) is 26.8 Å². The Labute approximate surface area is 88.2 Å². The number of rotatable bonds is 3. The van der Waals surface area contributed by atoms with E-state index >= 15 is 0 Å². The van der Waals surface area contributed by atoms with Crippen molar-refractivity contribution in [2.45, 2.75) is 18.5 Å². The molecular weight excluding hydrogens is 209 g/mol. The van der Waals surface area contributed by atoms with E-state index in [4.69, 9.17) is 16.3 Å². The van der Waals surface area contributed by atoms with E-state index in [0.717, 1.165) is 12.8 Å². The van der Waals surface area contributed by atoms with E-state index in [1.165, 1.54) is 4.90 Å². The van der Waals surface area contributed by atoms with Crippen molar-refractivity contribution in [1.29, 1.82) is 0 Å². The van der Waals surface area contributed by atoms with Crippen molar-refractivity contribution in [3.63, 3.8) is 0 Å². The Bertz CT molecular complexity index is 199. The number of amides is 1. The van der Waals surface area contributed by atoms with Crippen LogP contribution in [0.5, 0.6) is 0 Å². The minimum absolute atomic E-state index is 0.313. The van der Waals surface area contributed by atoms with Gasteiger partial charge in [-0.3, -0.25) is 4.79 Å². The highest BCUT2D eigenvalue weighted by molar-refractivity contribution is 6.29. The van der Waals surface area contributed by atoms with E-state index in [-0.39, 0.29) is 0 Å². The normalized spacial score (nSPS) is 24.8. The summed E-state index contributed by atoms with van der Waals surface area (Å²) in [7, 11) is 1.63. The first-order valence-electron chi connectivity index (χ1n) is 4.71. The van der Waals surface area contributed by atoms with Gasteiger partial charge in [0, 0.05) is 20.2 Å². The molecule has 1 saturated heterocycles. The van der Waals surface area contributed by atoms with Gasteiger partial charge in [-0.2, -0.15) is 0 Å². The summed E-state index contributed by atoms with van der Waals surface area (Å²) in [6.07, 6.45) is 1.92. The number of carbonyl (C=O) groups is 1. The van der Waals surface area contributed by atoms with Gasteiger partial charge in [-0.1, -0.05) is 11.6 Å². The van der Waals surface area contributed by atoms with E-state index in [1.54, 1.807) is 7.11 Å². The second-order valence-corrected chi connectivity index (χ2v) is 3.93. The van der Waals surface area contributed by atoms with Crippen molar-refractivity contribution in [1.82, 2.24) is 4.90 Å². The zero-order chi connectivity index (χ0) is 10.6. The Morgan fingerprint density at radius 2 is 2.50 bits per heavy atom. The van der Waals surface area contributed by atoms with E-state index in [9.17, 15) is 9.18 Å². The number of piperidine rings is 1. The summed E-state index contributed by atoms with van der Waals surface area (Å²) in [6, 6.07) is 0. The quantitative estimate of drug-likeness (QED) is 0.677. The van der Waals surface area contributed by atoms with Gasteiger partial charge >= 0.3 is 0 Å². The predicted octanol–water partition coefficient (Wildman–Crippen LogP) is 1.41. The summed E-state index contributed by atoms with van der Waals surface area (Å²) in [4.78, 5) is 12.7. The zero-order valence-electron chi connectivity index (χ0n) is 8.21. The van der Waals surface area contributed by atoms with E-state index < -0.39 is 11.5 Å². The second kappa shape index (κ2) is 5.51. The third kappa shape index (κ3) is 3.10. The molecule has 0 aromatic heterocycles. The third-order valence-electron chi connectivity index (χ3n) is 2.42. The van der Waals surface area contributed by atoms with Crippen LogP contribution in [0.25, 0.3) is 0 Å². The average Bonchev–Trinajstić information content (AvgIpc) is 2.17. The van der Waals surface area contributed by atoms with E-state index in [2.05, 4.69) is 0 Å². The number of nitrogens with zero attached hydrogens (tertiary/aromatic N) is 1. The molecule has 0 aromatic rings. The van der Waals surface area contributed by atoms with Gasteiger partial charge in [0.05, 0.1) is 6.61 Å². The minimum atomic E-state index is -1.91. The van der Waals surface area contributed by atoms with Gasteiger partial charge in [0.1, 0.15) is 0 Å². The lowest BCUT2D eigenvalue weighted by molar-refractivity contribution is -0.135. The Balaban J connectivity index is 2.43. The van der Waals surface area contributed by atoms with Crippen LogP contribution in [-0.2, 0) is 9.53 Å². The molecule has 0 N–H and O–H groups in total. The molecule has 5 heteroatoms. The lowest BCUT2D eigenvalue weighted by atomic mass is 9.99. The molecular formula is C9H15ClFNO2. The SMILES string of the molecule is COCC1CCCN(C(=O)C(F)Cl)C1. The molecule has 1 heterocycles. The number of likely N-dealkylation sites (tertiary alicyclic amines) is 1. The largest absolute Gasteiger partial charge is 0.384 e. The molecule has 1 rings (SSSR count). The lowest BCUT2D eigenvalue weighted by Gasteiger charge is -2.32. The van der Waals surface area contributed by atoms with Gasteiger partial charge < -0.3 is 9.64 Å². The van der Waals surface area contributed by atoms with Crippen molar-refractivity contribution in [2.24, 2.45) is 5.92 Å². The average molecular weight is 224 g/mol. The number of carbonyl (C=O) groups excluding carboxylic acids is 1. The monoisotopic (exact) mass is 223 g/mol. The van der Waals surface area contributed by atoms with Crippen LogP contribution < -0.4 is 0 Å². The maximum atomic E-state index is 12.5. The Morgan fingerprint density at radius 1 is 1.79 bits per heavy atom. The van der Waals surface area contributed by atoms with Crippen LogP contribution in [0.15, 0.2) is 0 Å². The van der Waals surface area contributed by atoms with Crippen molar-refractivity contribution < 1.29 is 13.9 Å². The Kier molecular flexibility index (Phi) is 4.62. The molecule has 14 heavy (non-hydrogen) atoms. The number of hydrogen-bond acceptors (Lipinski definition) is 2. The first-order chi connectivity index (χ1) is 6.65. The van der Waals surface area contributed by atoms with Crippen LogP contribution in [0.4, 0.5) is 4.39 Å². The predicted molar refractivity (Wildman–Crippen MR) is 51.9 cm³/mol. The fourth-order valence-electron chi connectivity index (χ4n) is 1.77. The van der Waals surface area contributed by atoms with Gasteiger partial charge in [-0.15, -0.1) is 0 Å². The number of hydrogen-bond donors (Lipinski definition) is 0. The first-order valence-corrected chi connectivity index (χ1v) is 5.14.